The largest absolute Gasteiger partial charge is 0.385 e. The van der Waals surface area contributed by atoms with E-state index in [9.17, 15) is 0 Å². The normalized spacial score (nSPS) is 15.0. The molecule has 0 heterocycles. The van der Waals surface area contributed by atoms with Crippen LogP contribution in [0.4, 0.5) is 0 Å². The molecule has 0 spiro atoms. The van der Waals surface area contributed by atoms with E-state index in [0.717, 1.165) is 13.0 Å². The number of hydrogen-bond donors (Lipinski definition) is 2. The summed E-state index contributed by atoms with van der Waals surface area (Å²) in [6.45, 7) is 5.32. The molecule has 0 bridgehead atoms. The number of ether oxygens (including phenoxy) is 1. The minimum Gasteiger partial charge on any atom is -0.385 e. The van der Waals surface area contributed by atoms with E-state index in [0.29, 0.717) is 12.0 Å². The summed E-state index contributed by atoms with van der Waals surface area (Å²) < 4.78 is 5.10. The Hall–Kier alpha value is -0.120. The van der Waals surface area contributed by atoms with Crippen LogP contribution in [-0.4, -0.2) is 19.8 Å². The first-order valence-electron chi connectivity index (χ1n) is 6.71. The molecule has 0 aromatic heterocycles. The average molecular weight is 230 g/mol. The van der Waals surface area contributed by atoms with Crippen molar-refractivity contribution in [2.45, 2.75) is 64.8 Å². The first-order valence-corrected chi connectivity index (χ1v) is 6.71. The van der Waals surface area contributed by atoms with Gasteiger partial charge in [-0.3, -0.25) is 11.3 Å². The van der Waals surface area contributed by atoms with E-state index in [-0.39, 0.29) is 0 Å². The van der Waals surface area contributed by atoms with Crippen molar-refractivity contribution in [1.82, 2.24) is 5.43 Å². The van der Waals surface area contributed by atoms with Crippen LogP contribution in [-0.2, 0) is 4.74 Å². The molecule has 0 saturated heterocycles. The van der Waals surface area contributed by atoms with Crippen molar-refractivity contribution in [2.75, 3.05) is 13.7 Å². The van der Waals surface area contributed by atoms with Gasteiger partial charge in [-0.05, 0) is 18.8 Å². The van der Waals surface area contributed by atoms with E-state index in [1.807, 2.05) is 0 Å². The van der Waals surface area contributed by atoms with Gasteiger partial charge in [0.15, 0.2) is 0 Å². The highest BCUT2D eigenvalue weighted by atomic mass is 16.5. The van der Waals surface area contributed by atoms with E-state index in [1.54, 1.807) is 7.11 Å². The van der Waals surface area contributed by atoms with Crippen molar-refractivity contribution in [3.8, 4) is 0 Å². The summed E-state index contributed by atoms with van der Waals surface area (Å²) in [7, 11) is 1.75. The molecule has 0 saturated carbocycles. The highest BCUT2D eigenvalue weighted by molar-refractivity contribution is 4.70. The van der Waals surface area contributed by atoms with E-state index < -0.39 is 0 Å². The minimum absolute atomic E-state index is 0.441. The molecular weight excluding hydrogens is 200 g/mol. The quantitative estimate of drug-likeness (QED) is 0.326. The molecule has 2 unspecified atom stereocenters. The smallest absolute Gasteiger partial charge is 0.0465 e. The first-order chi connectivity index (χ1) is 7.76. The number of nitrogens with one attached hydrogen (secondary N) is 1. The second-order valence-corrected chi connectivity index (χ2v) is 4.73. The fourth-order valence-electron chi connectivity index (χ4n) is 2.00. The number of methoxy groups -OCH3 is 1. The third kappa shape index (κ3) is 8.08. The van der Waals surface area contributed by atoms with Crippen LogP contribution >= 0.6 is 0 Å². The molecule has 0 amide bonds. The molecule has 0 aromatic rings. The van der Waals surface area contributed by atoms with Gasteiger partial charge in [-0.25, -0.2) is 0 Å². The van der Waals surface area contributed by atoms with Crippen molar-refractivity contribution in [3.05, 3.63) is 0 Å². The van der Waals surface area contributed by atoms with Gasteiger partial charge in [-0.15, -0.1) is 0 Å². The molecule has 0 aliphatic carbocycles. The van der Waals surface area contributed by atoms with Crippen molar-refractivity contribution < 1.29 is 4.74 Å². The molecule has 0 aromatic carbocycles. The van der Waals surface area contributed by atoms with Crippen LogP contribution in [0.15, 0.2) is 0 Å². The van der Waals surface area contributed by atoms with E-state index >= 15 is 0 Å². The van der Waals surface area contributed by atoms with Crippen LogP contribution in [0.2, 0.25) is 0 Å². The third-order valence-electron chi connectivity index (χ3n) is 3.30. The Kier molecular flexibility index (Phi) is 11.3. The molecular formula is C13H30N2O. The predicted molar refractivity (Wildman–Crippen MR) is 70.1 cm³/mol. The number of nitrogens with two attached hydrogens (primary N) is 1. The standard InChI is InChI=1S/C13H30N2O/c1-4-5-6-7-8-9-13(15-14)12(2)10-11-16-3/h12-13,15H,4-11,14H2,1-3H3. The number of unbranched alkanes of at least 4 members (excludes halogenated alkanes) is 4. The van der Waals surface area contributed by atoms with Gasteiger partial charge in [0, 0.05) is 19.8 Å². The van der Waals surface area contributed by atoms with Crippen molar-refractivity contribution in [2.24, 2.45) is 11.8 Å². The van der Waals surface area contributed by atoms with E-state index in [1.165, 1.54) is 38.5 Å². The van der Waals surface area contributed by atoms with Crippen molar-refractivity contribution in [3.63, 3.8) is 0 Å². The lowest BCUT2D eigenvalue weighted by molar-refractivity contribution is 0.168. The summed E-state index contributed by atoms with van der Waals surface area (Å²) in [6.07, 6.45) is 8.92. The Morgan fingerprint density at radius 1 is 1.12 bits per heavy atom. The molecule has 0 aliphatic heterocycles. The molecule has 0 fully saturated rings. The molecule has 0 radical (unpaired) electrons. The fraction of sp³-hybridized carbons (Fsp3) is 1.00. The second kappa shape index (κ2) is 11.4. The van der Waals surface area contributed by atoms with Gasteiger partial charge in [0.05, 0.1) is 0 Å². The first kappa shape index (κ1) is 15.9. The molecule has 3 heteroatoms. The Bertz CT molecular complexity index is 142. The summed E-state index contributed by atoms with van der Waals surface area (Å²) in [6, 6.07) is 0.441. The molecule has 3 nitrogen and oxygen atoms in total. The number of hydrogen-bond acceptors (Lipinski definition) is 3. The molecule has 0 aliphatic rings. The van der Waals surface area contributed by atoms with Crippen LogP contribution in [0.25, 0.3) is 0 Å². The Balaban J connectivity index is 3.56. The molecule has 0 rings (SSSR count). The lowest BCUT2D eigenvalue weighted by Gasteiger charge is -2.23. The SMILES string of the molecule is CCCCCCCC(NN)C(C)CCOC. The Morgan fingerprint density at radius 2 is 1.81 bits per heavy atom. The number of rotatable bonds is 11. The number of hydrazine groups is 1. The summed E-state index contributed by atoms with van der Waals surface area (Å²) in [5.41, 5.74) is 2.95. The third-order valence-corrected chi connectivity index (χ3v) is 3.30. The summed E-state index contributed by atoms with van der Waals surface area (Å²) >= 11 is 0. The molecule has 2 atom stereocenters. The highest BCUT2D eigenvalue weighted by Gasteiger charge is 2.14. The zero-order valence-corrected chi connectivity index (χ0v) is 11.3. The van der Waals surface area contributed by atoms with Crippen LogP contribution in [0.3, 0.4) is 0 Å². The highest BCUT2D eigenvalue weighted by Crippen LogP contribution is 2.15. The predicted octanol–water partition coefficient (Wildman–Crippen LogP) is 2.85. The summed E-state index contributed by atoms with van der Waals surface area (Å²) in [5.74, 6) is 6.19. The maximum atomic E-state index is 5.60. The van der Waals surface area contributed by atoms with Gasteiger partial charge in [-0.1, -0.05) is 46.0 Å². The van der Waals surface area contributed by atoms with Crippen LogP contribution in [0.5, 0.6) is 0 Å². The zero-order valence-electron chi connectivity index (χ0n) is 11.3. The fourth-order valence-corrected chi connectivity index (χ4v) is 2.00. The molecule has 3 N–H and O–H groups in total. The molecule has 16 heavy (non-hydrogen) atoms. The maximum Gasteiger partial charge on any atom is 0.0465 e. The lowest BCUT2D eigenvalue weighted by atomic mass is 9.94. The van der Waals surface area contributed by atoms with Gasteiger partial charge >= 0.3 is 0 Å². The van der Waals surface area contributed by atoms with Crippen LogP contribution in [0.1, 0.15) is 58.8 Å². The zero-order chi connectivity index (χ0) is 12.2. The lowest BCUT2D eigenvalue weighted by Crippen LogP contribution is -2.40. The molecule has 98 valence electrons. The van der Waals surface area contributed by atoms with Gasteiger partial charge in [-0.2, -0.15) is 0 Å². The van der Waals surface area contributed by atoms with Gasteiger partial charge in [0.25, 0.3) is 0 Å². The van der Waals surface area contributed by atoms with Crippen LogP contribution in [0, 0.1) is 5.92 Å². The van der Waals surface area contributed by atoms with Gasteiger partial charge in [0.2, 0.25) is 0 Å². The maximum absolute atomic E-state index is 5.60. The van der Waals surface area contributed by atoms with Crippen LogP contribution < -0.4 is 11.3 Å². The van der Waals surface area contributed by atoms with Gasteiger partial charge < -0.3 is 4.74 Å². The van der Waals surface area contributed by atoms with Crippen molar-refractivity contribution in [1.29, 1.82) is 0 Å². The second-order valence-electron chi connectivity index (χ2n) is 4.73. The summed E-state index contributed by atoms with van der Waals surface area (Å²) in [5, 5.41) is 0. The minimum atomic E-state index is 0.441. The Morgan fingerprint density at radius 3 is 2.38 bits per heavy atom. The van der Waals surface area contributed by atoms with Gasteiger partial charge in [0.1, 0.15) is 0 Å². The topological polar surface area (TPSA) is 47.3 Å². The van der Waals surface area contributed by atoms with E-state index in [2.05, 4.69) is 19.3 Å². The average Bonchev–Trinajstić information content (AvgIpc) is 2.31. The monoisotopic (exact) mass is 230 g/mol. The Labute approximate surface area is 101 Å². The van der Waals surface area contributed by atoms with Crippen molar-refractivity contribution >= 4 is 0 Å². The van der Waals surface area contributed by atoms with E-state index in [4.69, 9.17) is 10.6 Å². The summed E-state index contributed by atoms with van der Waals surface area (Å²) in [4.78, 5) is 0.